The van der Waals surface area contributed by atoms with E-state index in [-0.39, 0.29) is 5.97 Å². The number of benzene rings is 1. The van der Waals surface area contributed by atoms with Crippen molar-refractivity contribution in [2.75, 3.05) is 6.61 Å². The van der Waals surface area contributed by atoms with Gasteiger partial charge in [0.15, 0.2) is 11.5 Å². The van der Waals surface area contributed by atoms with Crippen LogP contribution in [0.4, 0.5) is 11.4 Å². The molecule has 0 radical (unpaired) electrons. The monoisotopic (exact) mass is 288 g/mol. The summed E-state index contributed by atoms with van der Waals surface area (Å²) in [5, 5.41) is 38.4. The van der Waals surface area contributed by atoms with Crippen LogP contribution in [0.2, 0.25) is 0 Å². The van der Waals surface area contributed by atoms with Crippen molar-refractivity contribution in [3.63, 3.8) is 0 Å². The summed E-state index contributed by atoms with van der Waals surface area (Å²) in [6, 6.07) is 1.04. The third-order valence-corrected chi connectivity index (χ3v) is 1.81. The molecule has 0 aromatic heterocycles. The van der Waals surface area contributed by atoms with Gasteiger partial charge >= 0.3 is 17.3 Å². The van der Waals surface area contributed by atoms with Gasteiger partial charge in [0.2, 0.25) is 0 Å². The molecule has 1 rings (SSSR count). The number of ether oxygens (including phenoxy) is 1. The zero-order valence-electron chi connectivity index (χ0n) is 10.6. The van der Waals surface area contributed by atoms with Crippen LogP contribution >= 0.6 is 0 Å². The maximum atomic E-state index is 10.2. The molecule has 0 atom stereocenters. The van der Waals surface area contributed by atoms with Gasteiger partial charge in [-0.3, -0.25) is 25.0 Å². The normalized spacial score (nSPS) is 9.10. The molecule has 0 saturated heterocycles. The molecule has 20 heavy (non-hydrogen) atoms. The number of rotatable bonds is 3. The van der Waals surface area contributed by atoms with Gasteiger partial charge < -0.3 is 14.9 Å². The number of phenols is 2. The van der Waals surface area contributed by atoms with Crippen LogP contribution in [0.5, 0.6) is 11.5 Å². The Kier molecular flexibility index (Phi) is 6.42. The number of aromatic hydroxyl groups is 2. The summed E-state index contributed by atoms with van der Waals surface area (Å²) in [6.45, 7) is 3.65. The summed E-state index contributed by atoms with van der Waals surface area (Å²) in [5.74, 6) is -1.85. The van der Waals surface area contributed by atoms with Crippen LogP contribution in [0.3, 0.4) is 0 Å². The molecule has 0 fully saturated rings. The zero-order valence-corrected chi connectivity index (χ0v) is 10.6. The fraction of sp³-hybridized carbons (Fsp3) is 0.300. The van der Waals surface area contributed by atoms with Gasteiger partial charge in [-0.05, 0) is 6.92 Å². The molecule has 0 bridgehead atoms. The van der Waals surface area contributed by atoms with E-state index in [1.807, 2.05) is 0 Å². The van der Waals surface area contributed by atoms with Crippen LogP contribution in [-0.4, -0.2) is 32.6 Å². The van der Waals surface area contributed by atoms with Crippen LogP contribution in [-0.2, 0) is 9.53 Å². The topological polar surface area (TPSA) is 153 Å². The van der Waals surface area contributed by atoms with Crippen molar-refractivity contribution in [2.45, 2.75) is 13.8 Å². The number of nitrogens with zero attached hydrogens (tertiary/aromatic N) is 2. The van der Waals surface area contributed by atoms with E-state index in [2.05, 4.69) is 4.74 Å². The Labute approximate surface area is 112 Å². The number of esters is 1. The lowest BCUT2D eigenvalue weighted by Gasteiger charge is -1.98. The lowest BCUT2D eigenvalue weighted by Crippen LogP contribution is -1.95. The molecule has 0 aliphatic heterocycles. The molecular formula is C10H12N2O8. The molecule has 2 N–H and O–H groups in total. The van der Waals surface area contributed by atoms with Crippen molar-refractivity contribution in [2.24, 2.45) is 0 Å². The van der Waals surface area contributed by atoms with Crippen LogP contribution in [0.1, 0.15) is 13.8 Å². The summed E-state index contributed by atoms with van der Waals surface area (Å²) >= 11 is 0. The number of carbonyl (C=O) groups is 1. The molecule has 10 heteroatoms. The van der Waals surface area contributed by atoms with Gasteiger partial charge in [0.25, 0.3) is 0 Å². The van der Waals surface area contributed by atoms with Crippen molar-refractivity contribution in [1.29, 1.82) is 0 Å². The van der Waals surface area contributed by atoms with Crippen LogP contribution < -0.4 is 0 Å². The van der Waals surface area contributed by atoms with Gasteiger partial charge in [-0.25, -0.2) is 0 Å². The third kappa shape index (κ3) is 5.16. The standard InChI is InChI=1S/C6H4N2O6.C4H8O2/c9-5-2-6(10)4(8(13)14)1-3(5)7(11)12;1-3-6-4(2)5/h1-2,9-10H;3H2,1-2H3. The first kappa shape index (κ1) is 17.1. The molecule has 0 saturated carbocycles. The second kappa shape index (κ2) is 7.51. The van der Waals surface area contributed by atoms with Crippen molar-refractivity contribution < 1.29 is 29.6 Å². The maximum Gasteiger partial charge on any atom is 0.317 e. The molecule has 0 unspecified atom stereocenters. The van der Waals surface area contributed by atoms with Gasteiger partial charge in [-0.15, -0.1) is 0 Å². The summed E-state index contributed by atoms with van der Waals surface area (Å²) in [6.07, 6.45) is 0. The molecule has 1 aromatic rings. The third-order valence-electron chi connectivity index (χ3n) is 1.81. The Bertz CT molecular complexity index is 493. The van der Waals surface area contributed by atoms with E-state index in [9.17, 15) is 25.0 Å². The second-order valence-electron chi connectivity index (χ2n) is 3.27. The summed E-state index contributed by atoms with van der Waals surface area (Å²) in [7, 11) is 0. The highest BCUT2D eigenvalue weighted by atomic mass is 16.6. The molecule has 0 aliphatic carbocycles. The summed E-state index contributed by atoms with van der Waals surface area (Å²) in [5.41, 5.74) is -1.65. The predicted molar refractivity (Wildman–Crippen MR) is 65.4 cm³/mol. The van der Waals surface area contributed by atoms with Crippen LogP contribution in [0.25, 0.3) is 0 Å². The zero-order chi connectivity index (χ0) is 15.9. The number of carbonyl (C=O) groups excluding carboxylic acids is 1. The quantitative estimate of drug-likeness (QED) is 0.481. The highest BCUT2D eigenvalue weighted by Gasteiger charge is 2.23. The average molecular weight is 288 g/mol. The minimum Gasteiger partial charge on any atom is -0.502 e. The minimum atomic E-state index is -0.984. The summed E-state index contributed by atoms with van der Waals surface area (Å²) < 4.78 is 4.40. The Balaban J connectivity index is 0.000000511. The van der Waals surface area contributed by atoms with E-state index in [0.29, 0.717) is 18.7 Å². The Morgan fingerprint density at radius 3 is 1.75 bits per heavy atom. The SMILES string of the molecule is CCOC(C)=O.O=[N+]([O-])c1cc([N+](=O)[O-])c(O)cc1O. The van der Waals surface area contributed by atoms with Gasteiger partial charge in [0.05, 0.1) is 16.5 Å². The number of phenolic OH excluding ortho intramolecular Hbond substituents is 2. The first-order valence-electron chi connectivity index (χ1n) is 5.18. The van der Waals surface area contributed by atoms with E-state index in [1.54, 1.807) is 6.92 Å². The molecule has 0 aliphatic rings. The highest BCUT2D eigenvalue weighted by molar-refractivity contribution is 5.65. The van der Waals surface area contributed by atoms with Gasteiger partial charge in [0, 0.05) is 13.0 Å². The first-order valence-corrected chi connectivity index (χ1v) is 5.18. The smallest absolute Gasteiger partial charge is 0.317 e. The molecule has 1 aromatic carbocycles. The maximum absolute atomic E-state index is 10.2. The lowest BCUT2D eigenvalue weighted by molar-refractivity contribution is -0.395. The predicted octanol–water partition coefficient (Wildman–Crippen LogP) is 1.48. The first-order chi connectivity index (χ1) is 9.20. The fourth-order valence-electron chi connectivity index (χ4n) is 1.05. The van der Waals surface area contributed by atoms with Crippen molar-refractivity contribution in [3.05, 3.63) is 32.4 Å². The number of hydrogen-bond donors (Lipinski definition) is 2. The molecular weight excluding hydrogens is 276 g/mol. The number of nitro groups is 2. The molecule has 10 nitrogen and oxygen atoms in total. The van der Waals surface area contributed by atoms with E-state index in [4.69, 9.17) is 10.2 Å². The average Bonchev–Trinajstić information content (AvgIpc) is 2.28. The Morgan fingerprint density at radius 2 is 1.55 bits per heavy atom. The largest absolute Gasteiger partial charge is 0.502 e. The Hall–Kier alpha value is -2.91. The van der Waals surface area contributed by atoms with Gasteiger partial charge in [-0.2, -0.15) is 0 Å². The van der Waals surface area contributed by atoms with Crippen LogP contribution in [0, 0.1) is 20.2 Å². The van der Waals surface area contributed by atoms with Crippen molar-refractivity contribution in [1.82, 2.24) is 0 Å². The number of nitro benzene ring substituents is 2. The van der Waals surface area contributed by atoms with Gasteiger partial charge in [0.1, 0.15) is 6.07 Å². The molecule has 110 valence electrons. The summed E-state index contributed by atoms with van der Waals surface area (Å²) in [4.78, 5) is 28.4. The van der Waals surface area contributed by atoms with E-state index in [0.717, 1.165) is 0 Å². The Morgan fingerprint density at radius 1 is 1.15 bits per heavy atom. The van der Waals surface area contributed by atoms with Crippen molar-refractivity contribution in [3.8, 4) is 11.5 Å². The second-order valence-corrected chi connectivity index (χ2v) is 3.27. The van der Waals surface area contributed by atoms with E-state index >= 15 is 0 Å². The highest BCUT2D eigenvalue weighted by Crippen LogP contribution is 2.37. The molecule has 0 spiro atoms. The molecule has 0 amide bonds. The fourth-order valence-corrected chi connectivity index (χ4v) is 1.05. The number of hydrogen-bond acceptors (Lipinski definition) is 8. The van der Waals surface area contributed by atoms with E-state index in [1.165, 1.54) is 6.92 Å². The van der Waals surface area contributed by atoms with Crippen molar-refractivity contribution >= 4 is 17.3 Å². The lowest BCUT2D eigenvalue weighted by atomic mass is 10.2. The van der Waals surface area contributed by atoms with E-state index < -0.39 is 32.7 Å². The van der Waals surface area contributed by atoms with Gasteiger partial charge in [-0.1, -0.05) is 0 Å². The minimum absolute atomic E-state index is 0.211. The molecule has 0 heterocycles. The van der Waals surface area contributed by atoms with Crippen LogP contribution in [0.15, 0.2) is 12.1 Å².